The van der Waals surface area contributed by atoms with Crippen LogP contribution in [0.25, 0.3) is 0 Å². The zero-order valence-corrected chi connectivity index (χ0v) is 10.5. The number of halogens is 1. The molecule has 5 heteroatoms. The molecule has 0 aromatic heterocycles. The van der Waals surface area contributed by atoms with Gasteiger partial charge in [0.1, 0.15) is 5.75 Å². The third-order valence-electron chi connectivity index (χ3n) is 2.34. The minimum atomic E-state index is -0.146. The summed E-state index contributed by atoms with van der Waals surface area (Å²) >= 11 is 5.73. The van der Waals surface area contributed by atoms with Crippen LogP contribution >= 0.6 is 11.6 Å². The molecule has 1 rings (SSSR count). The zero-order valence-electron chi connectivity index (χ0n) is 9.74. The van der Waals surface area contributed by atoms with Crippen molar-refractivity contribution in [3.63, 3.8) is 0 Å². The van der Waals surface area contributed by atoms with Crippen LogP contribution in [-0.4, -0.2) is 17.1 Å². The van der Waals surface area contributed by atoms with Crippen molar-refractivity contribution in [2.45, 2.75) is 32.2 Å². The lowest BCUT2D eigenvalue weighted by atomic mass is 10.1. The first-order valence-corrected chi connectivity index (χ1v) is 5.94. The van der Waals surface area contributed by atoms with Gasteiger partial charge in [-0.25, -0.2) is 0 Å². The van der Waals surface area contributed by atoms with Crippen molar-refractivity contribution in [1.29, 1.82) is 0 Å². The van der Waals surface area contributed by atoms with E-state index in [1.54, 1.807) is 6.07 Å². The number of phenols is 1. The molecule has 1 aromatic carbocycles. The smallest absolute Gasteiger partial charge is 0.225 e. The van der Waals surface area contributed by atoms with E-state index in [2.05, 4.69) is 5.32 Å². The van der Waals surface area contributed by atoms with Crippen molar-refractivity contribution in [3.8, 4) is 5.75 Å². The highest BCUT2D eigenvalue weighted by Crippen LogP contribution is 2.26. The Labute approximate surface area is 106 Å². The molecule has 94 valence electrons. The number of nitrogens with one attached hydrogen (secondary N) is 1. The van der Waals surface area contributed by atoms with Crippen LogP contribution in [0.3, 0.4) is 0 Å². The summed E-state index contributed by atoms with van der Waals surface area (Å²) in [6.07, 6.45) is 2.07. The Hall–Kier alpha value is -1.26. The Morgan fingerprint density at radius 2 is 2.29 bits per heavy atom. The number of amides is 1. The van der Waals surface area contributed by atoms with Crippen LogP contribution in [0, 0.1) is 0 Å². The van der Waals surface area contributed by atoms with E-state index < -0.39 is 0 Å². The molecule has 0 bridgehead atoms. The van der Waals surface area contributed by atoms with Crippen LogP contribution < -0.4 is 11.1 Å². The Kier molecular flexibility index (Phi) is 5.25. The number of nitrogens with two attached hydrogens (primary N) is 1. The molecule has 0 fully saturated rings. The highest BCUT2D eigenvalue weighted by Gasteiger charge is 2.09. The molecule has 0 spiro atoms. The van der Waals surface area contributed by atoms with Crippen LogP contribution in [0.4, 0.5) is 5.69 Å². The number of carbonyl (C=O) groups is 1. The third kappa shape index (κ3) is 4.63. The third-order valence-corrected chi connectivity index (χ3v) is 2.64. The summed E-state index contributed by atoms with van der Waals surface area (Å²) in [6, 6.07) is 4.40. The second-order valence-electron chi connectivity index (χ2n) is 3.97. The maximum absolute atomic E-state index is 11.6. The normalized spacial score (nSPS) is 12.2. The molecule has 0 saturated heterocycles. The molecular formula is C12H17ClN2O2. The van der Waals surface area contributed by atoms with Crippen LogP contribution in [-0.2, 0) is 4.79 Å². The first-order chi connectivity index (χ1) is 8.02. The van der Waals surface area contributed by atoms with Gasteiger partial charge >= 0.3 is 0 Å². The van der Waals surface area contributed by atoms with Crippen molar-refractivity contribution in [2.24, 2.45) is 5.73 Å². The zero-order chi connectivity index (χ0) is 12.8. The van der Waals surface area contributed by atoms with Gasteiger partial charge in [-0.15, -0.1) is 0 Å². The van der Waals surface area contributed by atoms with E-state index in [0.717, 1.165) is 12.8 Å². The number of hydrogen-bond acceptors (Lipinski definition) is 3. The van der Waals surface area contributed by atoms with Gasteiger partial charge in [-0.1, -0.05) is 24.9 Å². The van der Waals surface area contributed by atoms with Crippen LogP contribution in [0.2, 0.25) is 5.02 Å². The van der Waals surface area contributed by atoms with Gasteiger partial charge in [0.25, 0.3) is 0 Å². The van der Waals surface area contributed by atoms with E-state index in [-0.39, 0.29) is 29.1 Å². The molecule has 1 aromatic rings. The van der Waals surface area contributed by atoms with E-state index in [1.807, 2.05) is 6.92 Å². The van der Waals surface area contributed by atoms with Crippen molar-refractivity contribution in [2.75, 3.05) is 5.32 Å². The second-order valence-corrected chi connectivity index (χ2v) is 4.37. The Balaban J connectivity index is 2.53. The first-order valence-electron chi connectivity index (χ1n) is 5.57. The number of aromatic hydroxyl groups is 1. The van der Waals surface area contributed by atoms with E-state index >= 15 is 0 Å². The molecule has 1 amide bonds. The molecule has 1 atom stereocenters. The summed E-state index contributed by atoms with van der Waals surface area (Å²) in [5, 5.41) is 12.1. The molecule has 1 unspecified atom stereocenters. The highest BCUT2D eigenvalue weighted by molar-refractivity contribution is 6.32. The fourth-order valence-electron chi connectivity index (χ4n) is 1.51. The largest absolute Gasteiger partial charge is 0.506 e. The van der Waals surface area contributed by atoms with Crippen molar-refractivity contribution in [1.82, 2.24) is 0 Å². The topological polar surface area (TPSA) is 75.4 Å². The van der Waals surface area contributed by atoms with E-state index in [9.17, 15) is 9.90 Å². The van der Waals surface area contributed by atoms with E-state index in [1.165, 1.54) is 12.1 Å². The minimum Gasteiger partial charge on any atom is -0.506 e. The Morgan fingerprint density at radius 1 is 1.59 bits per heavy atom. The van der Waals surface area contributed by atoms with Crippen LogP contribution in [0.15, 0.2) is 18.2 Å². The fourth-order valence-corrected chi connectivity index (χ4v) is 1.69. The van der Waals surface area contributed by atoms with Crippen molar-refractivity contribution < 1.29 is 9.90 Å². The van der Waals surface area contributed by atoms with E-state index in [0.29, 0.717) is 5.69 Å². The van der Waals surface area contributed by atoms with Gasteiger partial charge in [0.05, 0.1) is 5.02 Å². The number of hydrogen-bond donors (Lipinski definition) is 3. The molecular weight excluding hydrogens is 240 g/mol. The Bertz CT molecular complexity index is 396. The number of phenolic OH excluding ortho intramolecular Hbond substituents is 1. The average molecular weight is 257 g/mol. The molecule has 4 N–H and O–H groups in total. The summed E-state index contributed by atoms with van der Waals surface area (Å²) in [4.78, 5) is 11.6. The molecule has 0 saturated carbocycles. The summed E-state index contributed by atoms with van der Waals surface area (Å²) in [5.74, 6) is -0.153. The Morgan fingerprint density at radius 3 is 2.88 bits per heavy atom. The molecule has 0 radical (unpaired) electrons. The fraction of sp³-hybridized carbons (Fsp3) is 0.417. The van der Waals surface area contributed by atoms with Gasteiger partial charge in [-0.2, -0.15) is 0 Å². The molecule has 0 heterocycles. The van der Waals surface area contributed by atoms with Crippen LogP contribution in [0.1, 0.15) is 26.2 Å². The quantitative estimate of drug-likeness (QED) is 0.709. The lowest BCUT2D eigenvalue weighted by Gasteiger charge is -2.10. The average Bonchev–Trinajstić information content (AvgIpc) is 2.23. The van der Waals surface area contributed by atoms with Crippen LogP contribution in [0.5, 0.6) is 5.75 Å². The second kappa shape index (κ2) is 6.47. The lowest BCUT2D eigenvalue weighted by Crippen LogP contribution is -2.26. The minimum absolute atomic E-state index is 0.00708. The molecule has 4 nitrogen and oxygen atoms in total. The van der Waals surface area contributed by atoms with E-state index in [4.69, 9.17) is 17.3 Å². The van der Waals surface area contributed by atoms with Gasteiger partial charge in [-0.05, 0) is 24.6 Å². The number of benzene rings is 1. The number of rotatable bonds is 5. The summed E-state index contributed by atoms with van der Waals surface area (Å²) in [6.45, 7) is 2.03. The lowest BCUT2D eigenvalue weighted by molar-refractivity contribution is -0.116. The van der Waals surface area contributed by atoms with Crippen molar-refractivity contribution in [3.05, 3.63) is 23.2 Å². The predicted molar refractivity (Wildman–Crippen MR) is 69.2 cm³/mol. The number of anilines is 1. The van der Waals surface area contributed by atoms with Gasteiger partial charge in [0.15, 0.2) is 0 Å². The molecule has 0 aliphatic heterocycles. The monoisotopic (exact) mass is 256 g/mol. The molecule has 17 heavy (non-hydrogen) atoms. The summed E-state index contributed by atoms with van der Waals surface area (Å²) < 4.78 is 0. The standard InChI is InChI=1S/C12H17ClN2O2/c1-2-3-8(14)6-12(17)15-9-4-5-11(16)10(13)7-9/h4-5,7-8,16H,2-3,6,14H2,1H3,(H,15,17). The summed E-state index contributed by atoms with van der Waals surface area (Å²) in [5.41, 5.74) is 6.32. The number of carbonyl (C=O) groups excluding carboxylic acids is 1. The summed E-state index contributed by atoms with van der Waals surface area (Å²) in [7, 11) is 0. The van der Waals surface area contributed by atoms with Gasteiger partial charge in [0.2, 0.25) is 5.91 Å². The predicted octanol–water partition coefficient (Wildman–Crippen LogP) is 2.50. The maximum Gasteiger partial charge on any atom is 0.225 e. The molecule has 0 aliphatic carbocycles. The first kappa shape index (κ1) is 13.8. The maximum atomic E-state index is 11.6. The van der Waals surface area contributed by atoms with Gasteiger partial charge in [0, 0.05) is 18.2 Å². The molecule has 0 aliphatic rings. The highest BCUT2D eigenvalue weighted by atomic mass is 35.5. The SMILES string of the molecule is CCCC(N)CC(=O)Nc1ccc(O)c(Cl)c1. The van der Waals surface area contributed by atoms with Gasteiger partial charge < -0.3 is 16.2 Å². The van der Waals surface area contributed by atoms with Crippen molar-refractivity contribution >= 4 is 23.2 Å². The van der Waals surface area contributed by atoms with Gasteiger partial charge in [-0.3, -0.25) is 4.79 Å².